The van der Waals surface area contributed by atoms with Gasteiger partial charge in [-0.25, -0.2) is 9.37 Å². The number of nitrogens with zero attached hydrogens (tertiary/aromatic N) is 1. The summed E-state index contributed by atoms with van der Waals surface area (Å²) in [5.74, 6) is 0.345. The van der Waals surface area contributed by atoms with Crippen molar-refractivity contribution in [3.05, 3.63) is 28.8 Å². The highest BCUT2D eigenvalue weighted by Crippen LogP contribution is 2.26. The monoisotopic (exact) mass is 261 g/mol. The topological polar surface area (TPSA) is 22.1 Å². The van der Waals surface area contributed by atoms with E-state index in [1.54, 1.807) is 6.20 Å². The van der Waals surface area contributed by atoms with Crippen molar-refractivity contribution in [1.82, 2.24) is 4.98 Å². The van der Waals surface area contributed by atoms with Crippen LogP contribution in [0.5, 0.6) is 0 Å². The Balaban J connectivity index is 1.86. The molecule has 2 rings (SSSR count). The van der Waals surface area contributed by atoms with Gasteiger partial charge in [-0.2, -0.15) is 11.8 Å². The van der Waals surface area contributed by atoms with Crippen LogP contribution in [0.25, 0.3) is 0 Å². The van der Waals surface area contributed by atoms with Crippen LogP contribution >= 0.6 is 23.4 Å². The zero-order valence-electron chi connectivity index (χ0n) is 8.79. The molecule has 1 aromatic heterocycles. The van der Waals surface area contributed by atoms with Crippen LogP contribution in [0.3, 0.4) is 0 Å². The summed E-state index contributed by atoms with van der Waals surface area (Å²) in [5, 5.41) is 0.562. The standard InChI is InChI=1S/C11H13ClFNOS/c12-11-10(13)5-8(6-14-11)7-16-9-1-3-15-4-2-9/h5-6,9H,1-4,7H2. The minimum absolute atomic E-state index is 0.0557. The van der Waals surface area contributed by atoms with Gasteiger partial charge in [-0.3, -0.25) is 0 Å². The van der Waals surface area contributed by atoms with E-state index >= 15 is 0 Å². The maximum Gasteiger partial charge on any atom is 0.164 e. The normalized spacial score (nSPS) is 17.6. The van der Waals surface area contributed by atoms with E-state index in [2.05, 4.69) is 4.98 Å². The molecule has 0 atom stereocenters. The predicted octanol–water partition coefficient (Wildman–Crippen LogP) is 3.29. The molecular formula is C11H13ClFNOS. The molecule has 0 amide bonds. The Kier molecular flexibility index (Phi) is 4.44. The lowest BCUT2D eigenvalue weighted by Crippen LogP contribution is -2.17. The smallest absolute Gasteiger partial charge is 0.164 e. The first-order chi connectivity index (χ1) is 7.75. The summed E-state index contributed by atoms with van der Waals surface area (Å²) in [6, 6.07) is 1.46. The van der Waals surface area contributed by atoms with Crippen molar-refractivity contribution in [2.75, 3.05) is 13.2 Å². The van der Waals surface area contributed by atoms with Gasteiger partial charge in [0, 0.05) is 30.4 Å². The first-order valence-electron chi connectivity index (χ1n) is 5.25. The Morgan fingerprint density at radius 1 is 1.50 bits per heavy atom. The summed E-state index contributed by atoms with van der Waals surface area (Å²) >= 11 is 7.36. The van der Waals surface area contributed by atoms with Gasteiger partial charge in [0.15, 0.2) is 11.0 Å². The molecule has 0 aromatic carbocycles. The SMILES string of the molecule is Fc1cc(CSC2CCOCC2)cnc1Cl. The molecule has 1 fully saturated rings. The lowest BCUT2D eigenvalue weighted by Gasteiger charge is -2.21. The molecule has 0 N–H and O–H groups in total. The van der Waals surface area contributed by atoms with Crippen molar-refractivity contribution in [3.63, 3.8) is 0 Å². The number of hydrogen-bond acceptors (Lipinski definition) is 3. The summed E-state index contributed by atoms with van der Waals surface area (Å²) in [7, 11) is 0. The lowest BCUT2D eigenvalue weighted by atomic mass is 10.2. The zero-order valence-corrected chi connectivity index (χ0v) is 10.4. The van der Waals surface area contributed by atoms with Gasteiger partial charge in [0.2, 0.25) is 0 Å². The van der Waals surface area contributed by atoms with Gasteiger partial charge in [-0.15, -0.1) is 0 Å². The molecule has 1 saturated heterocycles. The highest BCUT2D eigenvalue weighted by atomic mass is 35.5. The molecule has 88 valence electrons. The molecule has 0 aliphatic carbocycles. The summed E-state index contributed by atoms with van der Waals surface area (Å²) < 4.78 is 18.4. The minimum Gasteiger partial charge on any atom is -0.381 e. The molecule has 0 unspecified atom stereocenters. The van der Waals surface area contributed by atoms with E-state index in [4.69, 9.17) is 16.3 Å². The Morgan fingerprint density at radius 2 is 2.25 bits per heavy atom. The molecule has 0 bridgehead atoms. The molecule has 0 radical (unpaired) electrons. The number of rotatable bonds is 3. The van der Waals surface area contributed by atoms with Crippen molar-refractivity contribution in [1.29, 1.82) is 0 Å². The lowest BCUT2D eigenvalue weighted by molar-refractivity contribution is 0.1000. The van der Waals surface area contributed by atoms with Gasteiger partial charge in [0.05, 0.1) is 0 Å². The zero-order chi connectivity index (χ0) is 11.4. The van der Waals surface area contributed by atoms with E-state index in [-0.39, 0.29) is 5.15 Å². The summed E-state index contributed by atoms with van der Waals surface area (Å²) in [5.41, 5.74) is 0.887. The van der Waals surface area contributed by atoms with Gasteiger partial charge < -0.3 is 4.74 Å². The van der Waals surface area contributed by atoms with E-state index < -0.39 is 5.82 Å². The van der Waals surface area contributed by atoms with Crippen LogP contribution in [-0.4, -0.2) is 23.4 Å². The van der Waals surface area contributed by atoms with E-state index in [0.29, 0.717) is 5.25 Å². The third-order valence-corrected chi connectivity index (χ3v) is 4.23. The van der Waals surface area contributed by atoms with Crippen LogP contribution in [0.1, 0.15) is 18.4 Å². The molecule has 16 heavy (non-hydrogen) atoms. The first kappa shape index (κ1) is 12.1. The number of hydrogen-bond donors (Lipinski definition) is 0. The van der Waals surface area contributed by atoms with E-state index in [0.717, 1.165) is 37.4 Å². The van der Waals surface area contributed by atoms with Gasteiger partial charge in [0.1, 0.15) is 0 Å². The number of ether oxygens (including phenoxy) is 1. The fourth-order valence-corrected chi connectivity index (χ4v) is 2.81. The van der Waals surface area contributed by atoms with Crippen LogP contribution in [0.15, 0.2) is 12.3 Å². The third kappa shape index (κ3) is 3.34. The number of pyridine rings is 1. The molecule has 1 aromatic rings. The highest BCUT2D eigenvalue weighted by Gasteiger charge is 2.14. The Morgan fingerprint density at radius 3 is 2.94 bits per heavy atom. The molecule has 2 heterocycles. The minimum atomic E-state index is -0.438. The average Bonchev–Trinajstić information content (AvgIpc) is 2.32. The number of halogens is 2. The van der Waals surface area contributed by atoms with Gasteiger partial charge in [0.25, 0.3) is 0 Å². The van der Waals surface area contributed by atoms with Crippen LogP contribution in [0.4, 0.5) is 4.39 Å². The first-order valence-corrected chi connectivity index (χ1v) is 6.67. The molecule has 1 aliphatic rings. The van der Waals surface area contributed by atoms with Crippen molar-refractivity contribution >= 4 is 23.4 Å². The highest BCUT2D eigenvalue weighted by molar-refractivity contribution is 7.99. The molecule has 5 heteroatoms. The van der Waals surface area contributed by atoms with E-state index in [9.17, 15) is 4.39 Å². The van der Waals surface area contributed by atoms with Crippen LogP contribution in [0, 0.1) is 5.82 Å². The van der Waals surface area contributed by atoms with E-state index in [1.165, 1.54) is 6.07 Å². The van der Waals surface area contributed by atoms with Gasteiger partial charge in [-0.1, -0.05) is 11.6 Å². The number of aromatic nitrogens is 1. The van der Waals surface area contributed by atoms with Crippen LogP contribution < -0.4 is 0 Å². The number of thioether (sulfide) groups is 1. The molecular weight excluding hydrogens is 249 g/mol. The van der Waals surface area contributed by atoms with Crippen molar-refractivity contribution < 1.29 is 9.13 Å². The Labute approximate surface area is 104 Å². The van der Waals surface area contributed by atoms with Crippen LogP contribution in [0.2, 0.25) is 5.15 Å². The van der Waals surface area contributed by atoms with Crippen molar-refractivity contribution in [3.8, 4) is 0 Å². The Bertz CT molecular complexity index is 358. The molecule has 1 aliphatic heterocycles. The molecule has 2 nitrogen and oxygen atoms in total. The second-order valence-electron chi connectivity index (χ2n) is 3.74. The maximum absolute atomic E-state index is 13.1. The van der Waals surface area contributed by atoms with Crippen LogP contribution in [-0.2, 0) is 10.5 Å². The molecule has 0 spiro atoms. The summed E-state index contributed by atoms with van der Waals surface area (Å²) in [4.78, 5) is 3.79. The van der Waals surface area contributed by atoms with E-state index in [1.807, 2.05) is 11.8 Å². The van der Waals surface area contributed by atoms with Gasteiger partial charge >= 0.3 is 0 Å². The van der Waals surface area contributed by atoms with Crippen molar-refractivity contribution in [2.24, 2.45) is 0 Å². The summed E-state index contributed by atoms with van der Waals surface area (Å²) in [6.45, 7) is 1.68. The summed E-state index contributed by atoms with van der Waals surface area (Å²) in [6.07, 6.45) is 3.79. The quantitative estimate of drug-likeness (QED) is 0.780. The fourth-order valence-electron chi connectivity index (χ4n) is 1.60. The largest absolute Gasteiger partial charge is 0.381 e. The molecule has 0 saturated carbocycles. The van der Waals surface area contributed by atoms with Gasteiger partial charge in [-0.05, 0) is 24.5 Å². The Hall–Kier alpha value is -0.320. The average molecular weight is 262 g/mol. The van der Waals surface area contributed by atoms with Crippen molar-refractivity contribution in [2.45, 2.75) is 23.8 Å². The second-order valence-corrected chi connectivity index (χ2v) is 5.39. The predicted molar refractivity (Wildman–Crippen MR) is 64.3 cm³/mol. The second kappa shape index (κ2) is 5.84. The third-order valence-electron chi connectivity index (χ3n) is 2.51. The fraction of sp³-hybridized carbons (Fsp3) is 0.545. The maximum atomic E-state index is 13.1.